The lowest BCUT2D eigenvalue weighted by molar-refractivity contribution is 0.0951. The number of hydrogen-bond donors (Lipinski definition) is 2. The molecule has 0 spiro atoms. The minimum atomic E-state index is -0.0453. The second-order valence-electron chi connectivity index (χ2n) is 4.57. The number of amides is 1. The third-order valence-corrected chi connectivity index (χ3v) is 3.37. The standard InChI is InChI=1S/C16H17NOS/c1-12(13-5-3-2-4-6-13)11-17-16(18)14-7-9-15(19)10-8-14/h2-10,12,19H,11H2,1H3,(H,17,18). The van der Waals surface area contributed by atoms with Crippen molar-refractivity contribution < 1.29 is 4.79 Å². The maximum Gasteiger partial charge on any atom is 0.251 e. The van der Waals surface area contributed by atoms with Crippen LogP contribution < -0.4 is 5.32 Å². The summed E-state index contributed by atoms with van der Waals surface area (Å²) in [6, 6.07) is 17.4. The Morgan fingerprint density at radius 3 is 2.37 bits per heavy atom. The monoisotopic (exact) mass is 271 g/mol. The van der Waals surface area contributed by atoms with Crippen molar-refractivity contribution in [1.29, 1.82) is 0 Å². The Labute approximate surface area is 119 Å². The summed E-state index contributed by atoms with van der Waals surface area (Å²) in [5.41, 5.74) is 1.89. The molecule has 0 saturated carbocycles. The first-order valence-corrected chi connectivity index (χ1v) is 6.73. The zero-order valence-corrected chi connectivity index (χ0v) is 11.7. The van der Waals surface area contributed by atoms with Gasteiger partial charge in [0.25, 0.3) is 5.91 Å². The van der Waals surface area contributed by atoms with Gasteiger partial charge in [0.15, 0.2) is 0 Å². The van der Waals surface area contributed by atoms with Crippen LogP contribution in [-0.4, -0.2) is 12.5 Å². The van der Waals surface area contributed by atoms with Crippen LogP contribution in [0.1, 0.15) is 28.8 Å². The number of nitrogens with one attached hydrogen (secondary N) is 1. The lowest BCUT2D eigenvalue weighted by atomic mass is 10.0. The van der Waals surface area contributed by atoms with Gasteiger partial charge in [-0.05, 0) is 35.7 Å². The van der Waals surface area contributed by atoms with Crippen LogP contribution >= 0.6 is 12.6 Å². The summed E-state index contributed by atoms with van der Waals surface area (Å²) in [6.45, 7) is 2.73. The minimum absolute atomic E-state index is 0.0453. The van der Waals surface area contributed by atoms with Crippen molar-refractivity contribution >= 4 is 18.5 Å². The van der Waals surface area contributed by atoms with Crippen molar-refractivity contribution in [3.63, 3.8) is 0 Å². The number of rotatable bonds is 4. The van der Waals surface area contributed by atoms with Crippen molar-refractivity contribution in [1.82, 2.24) is 5.32 Å². The SMILES string of the molecule is CC(CNC(=O)c1ccc(S)cc1)c1ccccc1. The predicted molar refractivity (Wildman–Crippen MR) is 80.9 cm³/mol. The zero-order chi connectivity index (χ0) is 13.7. The molecule has 2 aromatic carbocycles. The Bertz CT molecular complexity index is 536. The first-order chi connectivity index (χ1) is 9.16. The summed E-state index contributed by atoms with van der Waals surface area (Å²) >= 11 is 4.20. The topological polar surface area (TPSA) is 29.1 Å². The smallest absolute Gasteiger partial charge is 0.251 e. The molecule has 2 aromatic rings. The molecule has 1 N–H and O–H groups in total. The van der Waals surface area contributed by atoms with E-state index >= 15 is 0 Å². The largest absolute Gasteiger partial charge is 0.351 e. The van der Waals surface area contributed by atoms with E-state index in [4.69, 9.17) is 0 Å². The van der Waals surface area contributed by atoms with E-state index < -0.39 is 0 Å². The number of benzene rings is 2. The van der Waals surface area contributed by atoms with Crippen molar-refractivity contribution in [2.24, 2.45) is 0 Å². The second-order valence-corrected chi connectivity index (χ2v) is 5.09. The number of carbonyl (C=O) groups excluding carboxylic acids is 1. The summed E-state index contributed by atoms with van der Waals surface area (Å²) in [5.74, 6) is 0.255. The zero-order valence-electron chi connectivity index (χ0n) is 10.8. The van der Waals surface area contributed by atoms with Crippen LogP contribution in [0, 0.1) is 0 Å². The summed E-state index contributed by atoms with van der Waals surface area (Å²) in [6.07, 6.45) is 0. The normalized spacial score (nSPS) is 11.9. The molecule has 19 heavy (non-hydrogen) atoms. The summed E-state index contributed by atoms with van der Waals surface area (Å²) in [7, 11) is 0. The van der Waals surface area contributed by atoms with Crippen LogP contribution in [0.5, 0.6) is 0 Å². The van der Waals surface area contributed by atoms with Crippen molar-refractivity contribution in [3.8, 4) is 0 Å². The molecule has 1 atom stereocenters. The molecule has 0 bridgehead atoms. The molecular formula is C16H17NOS. The molecule has 0 aromatic heterocycles. The van der Waals surface area contributed by atoms with E-state index in [0.29, 0.717) is 18.0 Å². The van der Waals surface area contributed by atoms with Crippen LogP contribution in [0.2, 0.25) is 0 Å². The van der Waals surface area contributed by atoms with Crippen LogP contribution in [-0.2, 0) is 0 Å². The number of hydrogen-bond acceptors (Lipinski definition) is 2. The molecule has 0 fully saturated rings. The van der Waals surface area contributed by atoms with Gasteiger partial charge in [0.1, 0.15) is 0 Å². The van der Waals surface area contributed by atoms with Gasteiger partial charge in [0.2, 0.25) is 0 Å². The first kappa shape index (κ1) is 13.7. The summed E-state index contributed by atoms with van der Waals surface area (Å²) in [4.78, 5) is 12.8. The fourth-order valence-corrected chi connectivity index (χ4v) is 2.01. The Kier molecular flexibility index (Phi) is 4.63. The lowest BCUT2D eigenvalue weighted by Crippen LogP contribution is -2.27. The molecule has 98 valence electrons. The average Bonchev–Trinajstić information content (AvgIpc) is 2.46. The van der Waals surface area contributed by atoms with Crippen LogP contribution in [0.25, 0.3) is 0 Å². The van der Waals surface area contributed by atoms with Crippen LogP contribution in [0.3, 0.4) is 0 Å². The van der Waals surface area contributed by atoms with Gasteiger partial charge in [-0.15, -0.1) is 12.6 Å². The molecule has 0 radical (unpaired) electrons. The van der Waals surface area contributed by atoms with Crippen LogP contribution in [0.4, 0.5) is 0 Å². The van der Waals surface area contributed by atoms with E-state index in [9.17, 15) is 4.79 Å². The van der Waals surface area contributed by atoms with Crippen molar-refractivity contribution in [2.45, 2.75) is 17.7 Å². The summed E-state index contributed by atoms with van der Waals surface area (Å²) in [5, 5.41) is 2.95. The fraction of sp³-hybridized carbons (Fsp3) is 0.188. The Morgan fingerprint density at radius 2 is 1.74 bits per heavy atom. The molecule has 2 rings (SSSR count). The quantitative estimate of drug-likeness (QED) is 0.819. The maximum atomic E-state index is 12.0. The van der Waals surface area contributed by atoms with Gasteiger partial charge < -0.3 is 5.32 Å². The molecule has 0 aliphatic heterocycles. The molecule has 3 heteroatoms. The molecule has 0 aliphatic rings. The predicted octanol–water partition coefficient (Wildman–Crippen LogP) is 3.51. The molecule has 1 unspecified atom stereocenters. The van der Waals surface area contributed by atoms with E-state index in [1.54, 1.807) is 12.1 Å². The fourth-order valence-electron chi connectivity index (χ4n) is 1.86. The van der Waals surface area contributed by atoms with E-state index in [-0.39, 0.29) is 5.91 Å². The van der Waals surface area contributed by atoms with Crippen molar-refractivity contribution in [2.75, 3.05) is 6.54 Å². The van der Waals surface area contributed by atoms with E-state index in [2.05, 4.69) is 37.0 Å². The van der Waals surface area contributed by atoms with Gasteiger partial charge >= 0.3 is 0 Å². The molecule has 0 aliphatic carbocycles. The first-order valence-electron chi connectivity index (χ1n) is 6.29. The highest BCUT2D eigenvalue weighted by Gasteiger charge is 2.08. The average molecular weight is 271 g/mol. The number of thiol groups is 1. The van der Waals surface area contributed by atoms with Gasteiger partial charge in [-0.3, -0.25) is 4.79 Å². The molecular weight excluding hydrogens is 254 g/mol. The third-order valence-electron chi connectivity index (χ3n) is 3.07. The minimum Gasteiger partial charge on any atom is -0.351 e. The van der Waals surface area contributed by atoms with Gasteiger partial charge in [0.05, 0.1) is 0 Å². The molecule has 1 amide bonds. The number of carbonyl (C=O) groups is 1. The van der Waals surface area contributed by atoms with Crippen molar-refractivity contribution in [3.05, 3.63) is 65.7 Å². The Balaban J connectivity index is 1.92. The van der Waals surface area contributed by atoms with Gasteiger partial charge in [-0.2, -0.15) is 0 Å². The Morgan fingerprint density at radius 1 is 1.11 bits per heavy atom. The van der Waals surface area contributed by atoms with E-state index in [1.807, 2.05) is 30.3 Å². The van der Waals surface area contributed by atoms with Gasteiger partial charge in [0, 0.05) is 17.0 Å². The van der Waals surface area contributed by atoms with Gasteiger partial charge in [-0.1, -0.05) is 37.3 Å². The second kappa shape index (κ2) is 6.43. The summed E-state index contributed by atoms with van der Waals surface area (Å²) < 4.78 is 0. The Hall–Kier alpha value is -1.74. The molecule has 2 nitrogen and oxygen atoms in total. The lowest BCUT2D eigenvalue weighted by Gasteiger charge is -2.13. The highest BCUT2D eigenvalue weighted by atomic mass is 32.1. The molecule has 0 heterocycles. The maximum absolute atomic E-state index is 12.0. The highest BCUT2D eigenvalue weighted by molar-refractivity contribution is 7.80. The molecule has 0 saturated heterocycles. The van der Waals surface area contributed by atoms with Crippen LogP contribution in [0.15, 0.2) is 59.5 Å². The third kappa shape index (κ3) is 3.86. The highest BCUT2D eigenvalue weighted by Crippen LogP contribution is 2.13. The van der Waals surface area contributed by atoms with Gasteiger partial charge in [-0.25, -0.2) is 0 Å². The van der Waals surface area contributed by atoms with E-state index in [1.165, 1.54) is 5.56 Å². The van der Waals surface area contributed by atoms with E-state index in [0.717, 1.165) is 4.90 Å².